The van der Waals surface area contributed by atoms with Crippen molar-refractivity contribution in [3.8, 4) is 0 Å². The van der Waals surface area contributed by atoms with E-state index < -0.39 is 35.4 Å². The first-order chi connectivity index (χ1) is 16.2. The molecule has 0 aliphatic heterocycles. The first kappa shape index (κ1) is 31.0. The molecule has 2 amide bonds. The Kier molecular flexibility index (Phi) is 12.9. The second-order valence-corrected chi connectivity index (χ2v) is 11.8. The van der Waals surface area contributed by atoms with Gasteiger partial charge in [-0.15, -0.1) is 0 Å². The Morgan fingerprint density at radius 1 is 0.771 bits per heavy atom. The predicted octanol–water partition coefficient (Wildman–Crippen LogP) is 5.00. The molecule has 9 nitrogen and oxygen atoms in total. The average molecular weight is 501 g/mol. The lowest BCUT2D eigenvalue weighted by molar-refractivity contribution is -0.140. The summed E-state index contributed by atoms with van der Waals surface area (Å²) in [5.41, 5.74) is -1.10. The number of rotatable bonds is 8. The van der Waals surface area contributed by atoms with Crippen LogP contribution in [0.15, 0.2) is 0 Å². The van der Waals surface area contributed by atoms with Crippen molar-refractivity contribution in [2.24, 2.45) is 11.8 Å². The van der Waals surface area contributed by atoms with Crippen molar-refractivity contribution in [2.45, 2.75) is 129 Å². The van der Waals surface area contributed by atoms with Crippen LogP contribution in [0.25, 0.3) is 0 Å². The van der Waals surface area contributed by atoms with Crippen molar-refractivity contribution in [3.63, 3.8) is 0 Å². The molecule has 0 aromatic rings. The van der Waals surface area contributed by atoms with Crippen LogP contribution in [-0.4, -0.2) is 58.3 Å². The van der Waals surface area contributed by atoms with Crippen LogP contribution in [0.2, 0.25) is 0 Å². The van der Waals surface area contributed by atoms with E-state index in [4.69, 9.17) is 14.6 Å². The minimum Gasteiger partial charge on any atom is -0.480 e. The lowest BCUT2D eigenvalue weighted by Gasteiger charge is -2.24. The number of carbonyl (C=O) groups is 3. The van der Waals surface area contributed by atoms with Crippen molar-refractivity contribution in [1.29, 1.82) is 0 Å². The zero-order chi connectivity index (χ0) is 26.6. The third kappa shape index (κ3) is 14.9. The van der Waals surface area contributed by atoms with Gasteiger partial charge < -0.3 is 30.3 Å². The van der Waals surface area contributed by atoms with E-state index in [0.717, 1.165) is 32.1 Å². The van der Waals surface area contributed by atoms with Crippen molar-refractivity contribution in [2.75, 3.05) is 6.61 Å². The molecular weight excluding hydrogens is 452 g/mol. The molecule has 0 heterocycles. The fraction of sp³-hybridized carbons (Fsp3) is 0.885. The molecular formula is C26H48N2O7. The van der Waals surface area contributed by atoms with Gasteiger partial charge in [0.05, 0.1) is 12.6 Å². The van der Waals surface area contributed by atoms with Gasteiger partial charge >= 0.3 is 18.2 Å². The summed E-state index contributed by atoms with van der Waals surface area (Å²) < 4.78 is 10.2. The van der Waals surface area contributed by atoms with E-state index >= 15 is 0 Å². The van der Waals surface area contributed by atoms with Crippen LogP contribution < -0.4 is 10.6 Å². The number of carbonyl (C=O) groups excluding carboxylic acids is 2. The molecule has 0 aromatic carbocycles. The predicted molar refractivity (Wildman–Crippen MR) is 134 cm³/mol. The Morgan fingerprint density at radius 3 is 1.54 bits per heavy atom. The quantitative estimate of drug-likeness (QED) is 0.368. The molecule has 2 saturated carbocycles. The molecule has 4 N–H and O–H groups in total. The topological polar surface area (TPSA) is 134 Å². The Morgan fingerprint density at radius 2 is 1.17 bits per heavy atom. The van der Waals surface area contributed by atoms with E-state index in [1.54, 1.807) is 20.8 Å². The fourth-order valence-corrected chi connectivity index (χ4v) is 4.55. The van der Waals surface area contributed by atoms with Crippen LogP contribution in [0.4, 0.5) is 9.59 Å². The van der Waals surface area contributed by atoms with Gasteiger partial charge in [-0.1, -0.05) is 51.4 Å². The maximum Gasteiger partial charge on any atom is 0.408 e. The number of hydrogen-bond donors (Lipinski definition) is 4. The van der Waals surface area contributed by atoms with Gasteiger partial charge in [-0.05, 0) is 66.2 Å². The zero-order valence-corrected chi connectivity index (χ0v) is 22.5. The van der Waals surface area contributed by atoms with E-state index in [0.29, 0.717) is 18.3 Å². The van der Waals surface area contributed by atoms with Crippen LogP contribution in [0.1, 0.15) is 106 Å². The minimum atomic E-state index is -0.993. The lowest BCUT2D eigenvalue weighted by atomic mass is 9.98. The highest BCUT2D eigenvalue weighted by Gasteiger charge is 2.28. The average Bonchev–Trinajstić information content (AvgIpc) is 3.38. The summed E-state index contributed by atoms with van der Waals surface area (Å²) in [4.78, 5) is 34.2. The normalized spacial score (nSPS) is 18.7. The number of hydrogen-bond acceptors (Lipinski definition) is 6. The molecule has 0 spiro atoms. The lowest BCUT2D eigenvalue weighted by Crippen LogP contribution is -2.44. The Hall–Kier alpha value is -2.03. The van der Waals surface area contributed by atoms with Gasteiger partial charge in [0.15, 0.2) is 0 Å². The molecule has 0 aromatic heterocycles. The van der Waals surface area contributed by atoms with E-state index in [1.807, 2.05) is 20.8 Å². The Balaban J connectivity index is 0.000000351. The first-order valence-electron chi connectivity index (χ1n) is 13.0. The number of carboxylic acid groups (broad SMARTS) is 1. The maximum absolute atomic E-state index is 11.6. The van der Waals surface area contributed by atoms with Gasteiger partial charge in [0.25, 0.3) is 0 Å². The number of nitrogens with one attached hydrogen (secondary N) is 2. The summed E-state index contributed by atoms with van der Waals surface area (Å²) >= 11 is 0. The summed E-state index contributed by atoms with van der Waals surface area (Å²) in [5.74, 6) is 0.0517. The molecule has 9 heteroatoms. The highest BCUT2D eigenvalue weighted by Crippen LogP contribution is 2.29. The highest BCUT2D eigenvalue weighted by atomic mass is 16.6. The number of carboxylic acids is 1. The van der Waals surface area contributed by atoms with Crippen LogP contribution >= 0.6 is 0 Å². The van der Waals surface area contributed by atoms with Crippen molar-refractivity contribution >= 4 is 18.2 Å². The summed E-state index contributed by atoms with van der Waals surface area (Å²) in [7, 11) is 0. The summed E-state index contributed by atoms with van der Waals surface area (Å²) in [6, 6.07) is -1.02. The number of aliphatic carboxylic acids is 1. The third-order valence-electron chi connectivity index (χ3n) is 6.07. The number of alkyl carbamates (subject to hydrolysis) is 2. The molecule has 2 unspecified atom stereocenters. The van der Waals surface area contributed by atoms with Gasteiger partial charge in [0.2, 0.25) is 0 Å². The van der Waals surface area contributed by atoms with Gasteiger partial charge in [-0.25, -0.2) is 14.4 Å². The Bertz CT molecular complexity index is 658. The van der Waals surface area contributed by atoms with E-state index in [-0.39, 0.29) is 12.6 Å². The summed E-state index contributed by atoms with van der Waals surface area (Å²) in [6.45, 7) is 10.7. The number of aliphatic hydroxyl groups is 1. The highest BCUT2D eigenvalue weighted by molar-refractivity contribution is 5.80. The standard InChI is InChI=1S/C13H23NO4.C13H25NO3/c1-13(2,3)18-12(17)14-10(11(15)16)8-9-6-4-5-7-9;1-13(2,3)17-12(16)14-11(9-15)8-10-6-4-5-7-10/h9-10H,4-8H2,1-3H3,(H,14,17)(H,15,16);10-11,15H,4-9H2,1-3H3,(H,14,16). The largest absolute Gasteiger partial charge is 0.480 e. The van der Waals surface area contributed by atoms with Crippen molar-refractivity contribution in [1.82, 2.24) is 10.6 Å². The first-order valence-corrected chi connectivity index (χ1v) is 13.0. The zero-order valence-electron chi connectivity index (χ0n) is 22.5. The van der Waals surface area contributed by atoms with Gasteiger partial charge in [0, 0.05) is 0 Å². The molecule has 2 aliphatic carbocycles. The van der Waals surface area contributed by atoms with Gasteiger partial charge in [-0.2, -0.15) is 0 Å². The summed E-state index contributed by atoms with van der Waals surface area (Å²) in [6.07, 6.45) is 9.66. The van der Waals surface area contributed by atoms with Crippen LogP contribution in [0, 0.1) is 11.8 Å². The van der Waals surface area contributed by atoms with Gasteiger partial charge in [0.1, 0.15) is 17.2 Å². The summed E-state index contributed by atoms with van der Waals surface area (Å²) in [5, 5.41) is 23.6. The fourth-order valence-electron chi connectivity index (χ4n) is 4.55. The van der Waals surface area contributed by atoms with E-state index in [2.05, 4.69) is 10.6 Å². The molecule has 2 rings (SSSR count). The van der Waals surface area contributed by atoms with Crippen molar-refractivity contribution in [3.05, 3.63) is 0 Å². The van der Waals surface area contributed by atoms with Crippen LogP contribution in [0.5, 0.6) is 0 Å². The SMILES string of the molecule is CC(C)(C)OC(=O)NC(CC1CCCC1)C(=O)O.CC(C)(C)OC(=O)NC(CO)CC1CCCC1. The molecule has 0 radical (unpaired) electrons. The number of amides is 2. The maximum atomic E-state index is 11.6. The second-order valence-electron chi connectivity index (χ2n) is 11.8. The van der Waals surface area contributed by atoms with Gasteiger partial charge in [-0.3, -0.25) is 0 Å². The number of aliphatic hydroxyl groups excluding tert-OH is 1. The molecule has 204 valence electrons. The monoisotopic (exact) mass is 500 g/mol. The molecule has 0 bridgehead atoms. The molecule has 2 atom stereocenters. The Labute approximate surface area is 210 Å². The van der Waals surface area contributed by atoms with E-state index in [1.165, 1.54) is 25.7 Å². The molecule has 0 saturated heterocycles. The minimum absolute atomic E-state index is 0.0181. The van der Waals surface area contributed by atoms with Crippen LogP contribution in [0.3, 0.4) is 0 Å². The number of ether oxygens (including phenoxy) is 2. The van der Waals surface area contributed by atoms with Crippen LogP contribution in [-0.2, 0) is 14.3 Å². The molecule has 2 fully saturated rings. The van der Waals surface area contributed by atoms with E-state index in [9.17, 15) is 19.5 Å². The third-order valence-corrected chi connectivity index (χ3v) is 6.07. The van der Waals surface area contributed by atoms with Crippen molar-refractivity contribution < 1.29 is 34.1 Å². The smallest absolute Gasteiger partial charge is 0.408 e. The second kappa shape index (κ2) is 14.5. The molecule has 35 heavy (non-hydrogen) atoms. The molecule has 2 aliphatic rings.